The molecule has 1 saturated heterocycles. The molecule has 1 fully saturated rings. The molecule has 0 aromatic carbocycles. The Morgan fingerprint density at radius 1 is 1.58 bits per heavy atom. The summed E-state index contributed by atoms with van der Waals surface area (Å²) in [5.41, 5.74) is -0.187. The van der Waals surface area contributed by atoms with Crippen LogP contribution in [-0.2, 0) is 14.3 Å². The van der Waals surface area contributed by atoms with Crippen molar-refractivity contribution in [2.24, 2.45) is 0 Å². The number of rotatable bonds is 3. The molecule has 1 aliphatic rings. The molecule has 1 heterocycles. The molecule has 0 bridgehead atoms. The maximum atomic E-state index is 11.0. The molecule has 0 radical (unpaired) electrons. The molecule has 0 spiro atoms. The van der Waals surface area contributed by atoms with Crippen molar-refractivity contribution in [2.75, 3.05) is 20.2 Å². The fourth-order valence-corrected chi connectivity index (χ4v) is 1.20. The molecule has 0 aromatic rings. The molecule has 1 aliphatic heterocycles. The first kappa shape index (κ1) is 9.48. The zero-order valence-electron chi connectivity index (χ0n) is 7.72. The van der Waals surface area contributed by atoms with Crippen LogP contribution >= 0.6 is 0 Å². The molecule has 1 unspecified atom stereocenters. The van der Waals surface area contributed by atoms with E-state index in [4.69, 9.17) is 4.74 Å². The van der Waals surface area contributed by atoms with Gasteiger partial charge in [0, 0.05) is 13.1 Å². The molecule has 70 valence electrons. The molecule has 1 atom stereocenters. The van der Waals surface area contributed by atoms with Gasteiger partial charge < -0.3 is 14.8 Å². The molecule has 4 nitrogen and oxygen atoms in total. The second-order valence-electron chi connectivity index (χ2n) is 3.34. The number of ether oxygens (including phenoxy) is 2. The SMILES string of the molecule is COC(=O)C(C)OC1(C)CNC1. The summed E-state index contributed by atoms with van der Waals surface area (Å²) in [6.07, 6.45) is -0.470. The van der Waals surface area contributed by atoms with E-state index in [1.54, 1.807) is 6.92 Å². The molecule has 0 amide bonds. The molecular formula is C8H15NO3. The quantitative estimate of drug-likeness (QED) is 0.607. The number of nitrogens with one attached hydrogen (secondary N) is 1. The molecule has 0 aromatic heterocycles. The number of carbonyl (C=O) groups excluding carboxylic acids is 1. The molecule has 4 heteroatoms. The van der Waals surface area contributed by atoms with Gasteiger partial charge in [0.2, 0.25) is 0 Å². The van der Waals surface area contributed by atoms with Crippen LogP contribution in [0.2, 0.25) is 0 Å². The van der Waals surface area contributed by atoms with Gasteiger partial charge >= 0.3 is 5.97 Å². The summed E-state index contributed by atoms with van der Waals surface area (Å²) < 4.78 is 10.0. The normalized spacial score (nSPS) is 22.6. The fraction of sp³-hybridized carbons (Fsp3) is 0.875. The maximum absolute atomic E-state index is 11.0. The van der Waals surface area contributed by atoms with Crippen LogP contribution in [0.15, 0.2) is 0 Å². The van der Waals surface area contributed by atoms with Gasteiger partial charge in [-0.1, -0.05) is 0 Å². The number of hydrogen-bond acceptors (Lipinski definition) is 4. The molecule has 12 heavy (non-hydrogen) atoms. The zero-order chi connectivity index (χ0) is 9.19. The zero-order valence-corrected chi connectivity index (χ0v) is 7.72. The second-order valence-corrected chi connectivity index (χ2v) is 3.34. The topological polar surface area (TPSA) is 47.6 Å². The van der Waals surface area contributed by atoms with E-state index >= 15 is 0 Å². The third-order valence-corrected chi connectivity index (χ3v) is 1.99. The summed E-state index contributed by atoms with van der Waals surface area (Å²) in [7, 11) is 1.36. The van der Waals surface area contributed by atoms with Crippen LogP contribution in [-0.4, -0.2) is 37.9 Å². The Kier molecular flexibility index (Phi) is 2.69. The van der Waals surface area contributed by atoms with Gasteiger partial charge in [-0.2, -0.15) is 0 Å². The van der Waals surface area contributed by atoms with Crippen molar-refractivity contribution in [1.82, 2.24) is 5.32 Å². The van der Waals surface area contributed by atoms with Crippen LogP contribution in [0.5, 0.6) is 0 Å². The monoisotopic (exact) mass is 173 g/mol. The Morgan fingerprint density at radius 3 is 2.50 bits per heavy atom. The summed E-state index contributed by atoms with van der Waals surface area (Å²) in [5.74, 6) is -0.317. The minimum absolute atomic E-state index is 0.187. The van der Waals surface area contributed by atoms with Gasteiger partial charge in [0.25, 0.3) is 0 Å². The summed E-state index contributed by atoms with van der Waals surface area (Å²) in [6.45, 7) is 5.28. The van der Waals surface area contributed by atoms with Gasteiger partial charge in [-0.15, -0.1) is 0 Å². The van der Waals surface area contributed by atoms with Crippen LogP contribution in [0.25, 0.3) is 0 Å². The fourth-order valence-electron chi connectivity index (χ4n) is 1.20. The summed E-state index contributed by atoms with van der Waals surface area (Å²) in [5, 5.41) is 3.09. The van der Waals surface area contributed by atoms with Crippen LogP contribution in [0, 0.1) is 0 Å². The lowest BCUT2D eigenvalue weighted by molar-refractivity contribution is -0.169. The average Bonchev–Trinajstić information content (AvgIpc) is 2.00. The van der Waals surface area contributed by atoms with Crippen molar-refractivity contribution >= 4 is 5.97 Å². The molecule has 1 N–H and O–H groups in total. The van der Waals surface area contributed by atoms with E-state index in [-0.39, 0.29) is 11.6 Å². The highest BCUT2D eigenvalue weighted by Gasteiger charge is 2.35. The van der Waals surface area contributed by atoms with E-state index in [2.05, 4.69) is 10.1 Å². The lowest BCUT2D eigenvalue weighted by Gasteiger charge is -2.40. The Hall–Kier alpha value is -0.610. The van der Waals surface area contributed by atoms with E-state index in [1.807, 2.05) is 6.92 Å². The smallest absolute Gasteiger partial charge is 0.334 e. The third-order valence-electron chi connectivity index (χ3n) is 1.99. The van der Waals surface area contributed by atoms with Crippen LogP contribution in [0.1, 0.15) is 13.8 Å². The molecule has 0 aliphatic carbocycles. The highest BCUT2D eigenvalue weighted by molar-refractivity contribution is 5.74. The van der Waals surface area contributed by atoms with E-state index in [9.17, 15) is 4.79 Å². The summed E-state index contributed by atoms with van der Waals surface area (Å²) in [4.78, 5) is 11.0. The van der Waals surface area contributed by atoms with Crippen molar-refractivity contribution in [1.29, 1.82) is 0 Å². The van der Waals surface area contributed by atoms with Crippen LogP contribution in [0.4, 0.5) is 0 Å². The van der Waals surface area contributed by atoms with Crippen molar-refractivity contribution in [2.45, 2.75) is 25.6 Å². The first-order chi connectivity index (χ1) is 5.57. The molecular weight excluding hydrogens is 158 g/mol. The van der Waals surface area contributed by atoms with Crippen molar-refractivity contribution in [3.63, 3.8) is 0 Å². The minimum atomic E-state index is -0.470. The summed E-state index contributed by atoms with van der Waals surface area (Å²) in [6, 6.07) is 0. The number of hydrogen-bond donors (Lipinski definition) is 1. The Balaban J connectivity index is 2.34. The first-order valence-electron chi connectivity index (χ1n) is 4.04. The Labute approximate surface area is 72.2 Å². The maximum Gasteiger partial charge on any atom is 0.334 e. The highest BCUT2D eigenvalue weighted by Crippen LogP contribution is 2.17. The van der Waals surface area contributed by atoms with Crippen molar-refractivity contribution in [3.8, 4) is 0 Å². The molecule has 1 rings (SSSR count). The van der Waals surface area contributed by atoms with Gasteiger partial charge in [-0.25, -0.2) is 4.79 Å². The van der Waals surface area contributed by atoms with Gasteiger partial charge in [0.05, 0.1) is 12.7 Å². The van der Waals surface area contributed by atoms with Gasteiger partial charge in [-0.05, 0) is 13.8 Å². The van der Waals surface area contributed by atoms with Crippen LogP contribution < -0.4 is 5.32 Å². The minimum Gasteiger partial charge on any atom is -0.467 e. The Morgan fingerprint density at radius 2 is 2.17 bits per heavy atom. The highest BCUT2D eigenvalue weighted by atomic mass is 16.6. The van der Waals surface area contributed by atoms with Gasteiger partial charge in [-0.3, -0.25) is 0 Å². The van der Waals surface area contributed by atoms with Gasteiger partial charge in [0.15, 0.2) is 6.10 Å². The standard InChI is InChI=1S/C8H15NO3/c1-6(7(10)11-3)12-8(2)4-9-5-8/h6,9H,4-5H2,1-3H3. The van der Waals surface area contributed by atoms with Crippen molar-refractivity contribution < 1.29 is 14.3 Å². The lowest BCUT2D eigenvalue weighted by atomic mass is 10.00. The van der Waals surface area contributed by atoms with E-state index in [0.29, 0.717) is 0 Å². The lowest BCUT2D eigenvalue weighted by Crippen LogP contribution is -2.60. The average molecular weight is 173 g/mol. The largest absolute Gasteiger partial charge is 0.467 e. The second kappa shape index (κ2) is 3.41. The first-order valence-corrected chi connectivity index (χ1v) is 4.04. The predicted octanol–water partition coefficient (Wildman–Crippen LogP) is -0.0736. The van der Waals surface area contributed by atoms with Crippen LogP contribution in [0.3, 0.4) is 0 Å². The van der Waals surface area contributed by atoms with Crippen molar-refractivity contribution in [3.05, 3.63) is 0 Å². The Bertz CT molecular complexity index is 177. The van der Waals surface area contributed by atoms with E-state index < -0.39 is 6.10 Å². The molecule has 0 saturated carbocycles. The van der Waals surface area contributed by atoms with E-state index in [1.165, 1.54) is 7.11 Å². The third kappa shape index (κ3) is 1.95. The number of esters is 1. The van der Waals surface area contributed by atoms with E-state index in [0.717, 1.165) is 13.1 Å². The summed E-state index contributed by atoms with van der Waals surface area (Å²) >= 11 is 0. The number of carbonyl (C=O) groups is 1. The number of methoxy groups -OCH3 is 1. The van der Waals surface area contributed by atoms with Gasteiger partial charge in [0.1, 0.15) is 0 Å². The predicted molar refractivity (Wildman–Crippen MR) is 43.8 cm³/mol.